The SMILES string of the molecule is F.F.F.F.F.F.F.[H-].[K+].[Ni]. The van der Waals surface area contributed by atoms with E-state index in [9.17, 15) is 0 Å². The number of rotatable bonds is 0. The molecule has 9 heteroatoms. The van der Waals surface area contributed by atoms with Gasteiger partial charge < -0.3 is 1.43 Å². The quantitative estimate of drug-likeness (QED) is 0.345. The van der Waals surface area contributed by atoms with Gasteiger partial charge in [0.05, 0.1) is 0 Å². The van der Waals surface area contributed by atoms with Gasteiger partial charge in [0.2, 0.25) is 0 Å². The Balaban J connectivity index is 0. The third-order valence-corrected chi connectivity index (χ3v) is 0. The van der Waals surface area contributed by atoms with Gasteiger partial charge in [0.25, 0.3) is 0 Å². The monoisotopic (exact) mass is 238 g/mol. The van der Waals surface area contributed by atoms with Crippen molar-refractivity contribution in [3.05, 3.63) is 0 Å². The Morgan fingerprint density at radius 1 is 0.444 bits per heavy atom. The van der Waals surface area contributed by atoms with Crippen molar-refractivity contribution in [1.29, 1.82) is 0 Å². The fourth-order valence-corrected chi connectivity index (χ4v) is 0. The van der Waals surface area contributed by atoms with Crippen LogP contribution in [0.1, 0.15) is 1.43 Å². The van der Waals surface area contributed by atoms with Crippen LogP contribution in [-0.2, 0) is 16.5 Å². The first-order valence-corrected chi connectivity index (χ1v) is 0. The second-order valence-electron chi connectivity index (χ2n) is 0. The van der Waals surface area contributed by atoms with Crippen molar-refractivity contribution in [3.8, 4) is 0 Å². The molecule has 0 spiro atoms. The van der Waals surface area contributed by atoms with Gasteiger partial charge in [-0.15, -0.1) is 0 Å². The molecular formula is H8F7KNi. The average Bonchev–Trinajstić information content (AvgIpc) is 0. The fraction of sp³-hybridized carbons (Fsp3) is 0. The van der Waals surface area contributed by atoms with Crippen molar-refractivity contribution in [2.75, 3.05) is 0 Å². The van der Waals surface area contributed by atoms with Gasteiger partial charge in [0.1, 0.15) is 0 Å². The fourth-order valence-electron chi connectivity index (χ4n) is 0. The van der Waals surface area contributed by atoms with E-state index < -0.39 is 0 Å². The molecule has 0 aromatic carbocycles. The summed E-state index contributed by atoms with van der Waals surface area (Å²) in [6.45, 7) is 0. The molecule has 0 aliphatic carbocycles. The summed E-state index contributed by atoms with van der Waals surface area (Å²) in [5.74, 6) is 0. The zero-order valence-electron chi connectivity index (χ0n) is 5.17. The zero-order valence-corrected chi connectivity index (χ0v) is 8.28. The maximum absolute atomic E-state index is 0. The Kier molecular flexibility index (Phi) is 10900. The van der Waals surface area contributed by atoms with Crippen LogP contribution in [0.15, 0.2) is 0 Å². The predicted molar refractivity (Wildman–Crippen MR) is 18.6 cm³/mol. The first kappa shape index (κ1) is 368. The number of hydrogen-bond acceptors (Lipinski definition) is 0. The van der Waals surface area contributed by atoms with Crippen molar-refractivity contribution in [2.24, 2.45) is 0 Å². The average molecular weight is 239 g/mol. The minimum atomic E-state index is 0. The third kappa shape index (κ3) is 209. The van der Waals surface area contributed by atoms with E-state index in [0.29, 0.717) is 0 Å². The van der Waals surface area contributed by atoms with E-state index in [2.05, 4.69) is 0 Å². The molecule has 0 nitrogen and oxygen atoms in total. The van der Waals surface area contributed by atoms with Crippen LogP contribution in [0.2, 0.25) is 0 Å². The molecule has 0 atom stereocenters. The summed E-state index contributed by atoms with van der Waals surface area (Å²) in [7, 11) is 0. The van der Waals surface area contributed by atoms with Crippen LogP contribution < -0.4 is 51.4 Å². The molecule has 0 unspecified atom stereocenters. The van der Waals surface area contributed by atoms with E-state index in [-0.39, 0.29) is 102 Å². The Labute approximate surface area is 101 Å². The van der Waals surface area contributed by atoms with Crippen LogP contribution >= 0.6 is 0 Å². The smallest absolute Gasteiger partial charge is 1.00 e. The van der Waals surface area contributed by atoms with Crippen LogP contribution in [-0.4, -0.2) is 0 Å². The van der Waals surface area contributed by atoms with Crippen molar-refractivity contribution in [1.82, 2.24) is 0 Å². The van der Waals surface area contributed by atoms with Crippen LogP contribution in [0.3, 0.4) is 0 Å². The molecule has 0 heterocycles. The first-order chi connectivity index (χ1) is 0. The Morgan fingerprint density at radius 2 is 0.444 bits per heavy atom. The van der Waals surface area contributed by atoms with E-state index >= 15 is 0 Å². The molecule has 0 fully saturated rings. The van der Waals surface area contributed by atoms with Gasteiger partial charge in [-0.2, -0.15) is 0 Å². The summed E-state index contributed by atoms with van der Waals surface area (Å²) in [4.78, 5) is 0. The van der Waals surface area contributed by atoms with Gasteiger partial charge in [-0.05, 0) is 0 Å². The summed E-state index contributed by atoms with van der Waals surface area (Å²) in [5, 5.41) is 0. The minimum Gasteiger partial charge on any atom is -1.00 e. The summed E-state index contributed by atoms with van der Waals surface area (Å²) in [6.07, 6.45) is 0. The second-order valence-corrected chi connectivity index (χ2v) is 0. The summed E-state index contributed by atoms with van der Waals surface area (Å²) in [5.41, 5.74) is 0. The van der Waals surface area contributed by atoms with Crippen LogP contribution in [0, 0.1) is 0 Å². The molecule has 9 heavy (non-hydrogen) atoms. The van der Waals surface area contributed by atoms with E-state index in [4.69, 9.17) is 0 Å². The number of hydrogen-bond donors (Lipinski definition) is 0. The molecule has 0 amide bonds. The number of halogens is 7. The maximum Gasteiger partial charge on any atom is 1.00 e. The minimum absolute atomic E-state index is 0. The molecule has 0 bridgehead atoms. The standard InChI is InChI=1S/7FH.K.Ni.H/h7*1H;;;/q;;;;;;;+1;;-1. The molecule has 0 saturated heterocycles. The van der Waals surface area contributed by atoms with Gasteiger partial charge >= 0.3 is 51.4 Å². The first-order valence-electron chi connectivity index (χ1n) is 0. The van der Waals surface area contributed by atoms with Crippen molar-refractivity contribution < 1.29 is 102 Å². The van der Waals surface area contributed by atoms with E-state index in [1.54, 1.807) is 0 Å². The zero-order chi connectivity index (χ0) is 0. The van der Waals surface area contributed by atoms with E-state index in [0.717, 1.165) is 0 Å². The van der Waals surface area contributed by atoms with Crippen LogP contribution in [0.4, 0.5) is 32.9 Å². The van der Waals surface area contributed by atoms with Crippen LogP contribution in [0.25, 0.3) is 0 Å². The molecule has 0 aliphatic heterocycles. The molecule has 0 aromatic rings. The molecular weight excluding hydrogens is 231 g/mol. The normalized spacial score (nSPS) is 0. The summed E-state index contributed by atoms with van der Waals surface area (Å²) in [6, 6.07) is 0. The van der Waals surface area contributed by atoms with E-state index in [1.165, 1.54) is 0 Å². The van der Waals surface area contributed by atoms with Gasteiger partial charge in [-0.3, -0.25) is 32.9 Å². The topological polar surface area (TPSA) is 0 Å². The summed E-state index contributed by atoms with van der Waals surface area (Å²) >= 11 is 0. The third-order valence-electron chi connectivity index (χ3n) is 0. The molecule has 0 aromatic heterocycles. The Hall–Kier alpha value is 1.64. The second kappa shape index (κ2) is 268. The van der Waals surface area contributed by atoms with Crippen molar-refractivity contribution in [3.63, 3.8) is 0 Å². The van der Waals surface area contributed by atoms with Gasteiger partial charge in [-0.1, -0.05) is 0 Å². The Morgan fingerprint density at radius 3 is 0.444 bits per heavy atom. The maximum atomic E-state index is 0. The van der Waals surface area contributed by atoms with Gasteiger partial charge in [0, 0.05) is 16.5 Å². The van der Waals surface area contributed by atoms with Crippen molar-refractivity contribution >= 4 is 0 Å². The van der Waals surface area contributed by atoms with Crippen LogP contribution in [0.5, 0.6) is 0 Å². The molecule has 0 saturated carbocycles. The Bertz CT molecular complexity index is 13.6. The summed E-state index contributed by atoms with van der Waals surface area (Å²) < 4.78 is 0. The molecule has 68 valence electrons. The predicted octanol–water partition coefficient (Wildman–Crippen LogP) is -1.82. The van der Waals surface area contributed by atoms with Gasteiger partial charge in [0.15, 0.2) is 0 Å². The molecule has 0 radical (unpaired) electrons. The van der Waals surface area contributed by atoms with E-state index in [1.807, 2.05) is 0 Å². The largest absolute Gasteiger partial charge is 1.00 e. The van der Waals surface area contributed by atoms with Crippen molar-refractivity contribution in [2.45, 2.75) is 0 Å². The molecule has 0 rings (SSSR count). The molecule has 0 aliphatic rings. The molecule has 0 N–H and O–H groups in total. The van der Waals surface area contributed by atoms with Gasteiger partial charge in [-0.25, -0.2) is 0 Å².